The second-order valence-corrected chi connectivity index (χ2v) is 5.64. The first-order valence-corrected chi connectivity index (χ1v) is 7.31. The Hall–Kier alpha value is -1.47. The summed E-state index contributed by atoms with van der Waals surface area (Å²) in [6.07, 6.45) is 0. The van der Waals surface area contributed by atoms with E-state index in [2.05, 4.69) is 5.32 Å². The van der Waals surface area contributed by atoms with Crippen LogP contribution in [0, 0.1) is 5.82 Å². The van der Waals surface area contributed by atoms with Gasteiger partial charge in [0.15, 0.2) is 0 Å². The standard InChI is InChI=1S/C12H12ClFN2O3S/c13-8-3-7(1-2-9(8)14)4-15-12(19)16-6-20-5-10(16)11(17)18/h1-3,10H,4-6H2,(H,15,19)(H,17,18). The number of hydrogen-bond donors (Lipinski definition) is 2. The minimum atomic E-state index is -1.02. The molecule has 1 heterocycles. The fourth-order valence-corrected chi connectivity index (χ4v) is 3.12. The molecule has 5 nitrogen and oxygen atoms in total. The van der Waals surface area contributed by atoms with Crippen LogP contribution >= 0.6 is 23.4 Å². The summed E-state index contributed by atoms with van der Waals surface area (Å²) in [4.78, 5) is 24.2. The monoisotopic (exact) mass is 318 g/mol. The van der Waals surface area contributed by atoms with E-state index in [0.717, 1.165) is 0 Å². The molecule has 1 fully saturated rings. The van der Waals surface area contributed by atoms with Gasteiger partial charge in [0, 0.05) is 12.3 Å². The van der Waals surface area contributed by atoms with Crippen molar-refractivity contribution >= 4 is 35.4 Å². The molecule has 2 rings (SSSR count). The van der Waals surface area contributed by atoms with Gasteiger partial charge in [0.2, 0.25) is 0 Å². The average Bonchev–Trinajstić information content (AvgIpc) is 2.89. The molecule has 0 spiro atoms. The predicted molar refractivity (Wildman–Crippen MR) is 74.2 cm³/mol. The van der Waals surface area contributed by atoms with Gasteiger partial charge in [0.1, 0.15) is 11.9 Å². The number of halogens is 2. The number of amides is 2. The van der Waals surface area contributed by atoms with Crippen molar-refractivity contribution in [2.45, 2.75) is 12.6 Å². The summed E-state index contributed by atoms with van der Waals surface area (Å²) < 4.78 is 13.0. The fourth-order valence-electron chi connectivity index (χ4n) is 1.78. The topological polar surface area (TPSA) is 69.6 Å². The number of aliphatic carboxylic acids is 1. The molecule has 0 radical (unpaired) electrons. The highest BCUT2D eigenvalue weighted by Crippen LogP contribution is 2.21. The van der Waals surface area contributed by atoms with Gasteiger partial charge in [-0.05, 0) is 17.7 Å². The van der Waals surface area contributed by atoms with E-state index in [1.807, 2.05) is 0 Å². The van der Waals surface area contributed by atoms with E-state index in [4.69, 9.17) is 16.7 Å². The van der Waals surface area contributed by atoms with Gasteiger partial charge in [-0.1, -0.05) is 17.7 Å². The second-order valence-electron chi connectivity index (χ2n) is 4.23. The first-order chi connectivity index (χ1) is 9.49. The van der Waals surface area contributed by atoms with E-state index >= 15 is 0 Å². The molecule has 1 aliphatic rings. The Morgan fingerprint density at radius 1 is 1.55 bits per heavy atom. The lowest BCUT2D eigenvalue weighted by Crippen LogP contribution is -2.46. The second kappa shape index (κ2) is 6.32. The van der Waals surface area contributed by atoms with Crippen LogP contribution in [-0.4, -0.2) is 39.7 Å². The molecule has 2 N–H and O–H groups in total. The van der Waals surface area contributed by atoms with E-state index in [0.29, 0.717) is 17.2 Å². The van der Waals surface area contributed by atoms with E-state index in [1.165, 1.54) is 34.9 Å². The van der Waals surface area contributed by atoms with Gasteiger partial charge in [-0.15, -0.1) is 11.8 Å². The van der Waals surface area contributed by atoms with Crippen molar-refractivity contribution in [3.63, 3.8) is 0 Å². The minimum absolute atomic E-state index is 0.0168. The summed E-state index contributed by atoms with van der Waals surface area (Å²) in [5.74, 6) is -0.823. The van der Waals surface area contributed by atoms with Gasteiger partial charge < -0.3 is 15.3 Å². The van der Waals surface area contributed by atoms with Crippen molar-refractivity contribution in [1.29, 1.82) is 0 Å². The van der Waals surface area contributed by atoms with Gasteiger partial charge in [-0.25, -0.2) is 14.0 Å². The molecular formula is C12H12ClFN2O3S. The quantitative estimate of drug-likeness (QED) is 0.896. The van der Waals surface area contributed by atoms with E-state index in [-0.39, 0.29) is 11.6 Å². The van der Waals surface area contributed by atoms with Crippen LogP contribution in [-0.2, 0) is 11.3 Å². The Morgan fingerprint density at radius 3 is 2.95 bits per heavy atom. The number of carboxylic acids is 1. The third kappa shape index (κ3) is 3.34. The third-order valence-corrected chi connectivity index (χ3v) is 4.16. The summed E-state index contributed by atoms with van der Waals surface area (Å²) in [5.41, 5.74) is 0.642. The first kappa shape index (κ1) is 14.9. The van der Waals surface area contributed by atoms with E-state index in [9.17, 15) is 14.0 Å². The number of rotatable bonds is 3. The fraction of sp³-hybridized carbons (Fsp3) is 0.333. The normalized spacial score (nSPS) is 18.1. The lowest BCUT2D eigenvalue weighted by molar-refractivity contribution is -0.140. The highest BCUT2D eigenvalue weighted by atomic mass is 35.5. The number of nitrogens with zero attached hydrogens (tertiary/aromatic N) is 1. The molecule has 20 heavy (non-hydrogen) atoms. The maximum absolute atomic E-state index is 13.0. The van der Waals surface area contributed by atoms with Gasteiger partial charge >= 0.3 is 12.0 Å². The summed E-state index contributed by atoms with van der Waals surface area (Å²) in [5, 5.41) is 11.6. The number of carbonyl (C=O) groups is 2. The third-order valence-electron chi connectivity index (χ3n) is 2.86. The van der Waals surface area contributed by atoms with Crippen molar-refractivity contribution < 1.29 is 19.1 Å². The lowest BCUT2D eigenvalue weighted by atomic mass is 10.2. The van der Waals surface area contributed by atoms with Crippen molar-refractivity contribution in [2.24, 2.45) is 0 Å². The van der Waals surface area contributed by atoms with E-state index in [1.54, 1.807) is 0 Å². The molecule has 1 aromatic rings. The van der Waals surface area contributed by atoms with Crippen molar-refractivity contribution in [2.75, 3.05) is 11.6 Å². The van der Waals surface area contributed by atoms with Gasteiger partial charge in [-0.2, -0.15) is 0 Å². The number of hydrogen-bond acceptors (Lipinski definition) is 3. The number of benzene rings is 1. The number of urea groups is 1. The maximum atomic E-state index is 13.0. The number of carbonyl (C=O) groups excluding carboxylic acids is 1. The van der Waals surface area contributed by atoms with Crippen LogP contribution in [0.3, 0.4) is 0 Å². The summed E-state index contributed by atoms with van der Waals surface area (Å²) in [6.45, 7) is 0.159. The molecule has 0 aromatic heterocycles. The van der Waals surface area contributed by atoms with Gasteiger partial charge in [0.05, 0.1) is 10.9 Å². The minimum Gasteiger partial charge on any atom is -0.480 e. The molecule has 1 atom stereocenters. The van der Waals surface area contributed by atoms with Crippen LogP contribution in [0.1, 0.15) is 5.56 Å². The summed E-state index contributed by atoms with van der Waals surface area (Å²) in [7, 11) is 0. The Labute approximate surface area is 124 Å². The van der Waals surface area contributed by atoms with Crippen molar-refractivity contribution in [1.82, 2.24) is 10.2 Å². The zero-order chi connectivity index (χ0) is 14.7. The van der Waals surface area contributed by atoms with Crippen LogP contribution in [0.4, 0.5) is 9.18 Å². The molecule has 108 valence electrons. The number of nitrogens with one attached hydrogen (secondary N) is 1. The largest absolute Gasteiger partial charge is 0.480 e. The zero-order valence-electron chi connectivity index (χ0n) is 10.3. The number of thioether (sulfide) groups is 1. The molecule has 2 amide bonds. The van der Waals surface area contributed by atoms with Crippen LogP contribution < -0.4 is 5.32 Å². The Kier molecular flexibility index (Phi) is 4.72. The molecular weight excluding hydrogens is 307 g/mol. The van der Waals surface area contributed by atoms with Crippen LogP contribution in [0.5, 0.6) is 0 Å². The molecule has 1 unspecified atom stereocenters. The van der Waals surface area contributed by atoms with Gasteiger partial charge in [-0.3, -0.25) is 0 Å². The molecule has 0 saturated carbocycles. The van der Waals surface area contributed by atoms with Crippen LogP contribution in [0.2, 0.25) is 5.02 Å². The molecule has 1 aliphatic heterocycles. The first-order valence-electron chi connectivity index (χ1n) is 5.78. The maximum Gasteiger partial charge on any atom is 0.327 e. The molecule has 0 aliphatic carbocycles. The smallest absolute Gasteiger partial charge is 0.327 e. The molecule has 1 saturated heterocycles. The highest BCUT2D eigenvalue weighted by molar-refractivity contribution is 7.99. The van der Waals surface area contributed by atoms with Gasteiger partial charge in [0.25, 0.3) is 0 Å². The zero-order valence-corrected chi connectivity index (χ0v) is 11.9. The van der Waals surface area contributed by atoms with Crippen molar-refractivity contribution in [3.05, 3.63) is 34.6 Å². The lowest BCUT2D eigenvalue weighted by Gasteiger charge is -2.20. The van der Waals surface area contributed by atoms with Crippen molar-refractivity contribution in [3.8, 4) is 0 Å². The molecule has 8 heteroatoms. The SMILES string of the molecule is O=C(O)C1CSCN1C(=O)NCc1ccc(F)c(Cl)c1. The summed E-state index contributed by atoms with van der Waals surface area (Å²) in [6, 6.07) is 2.88. The van der Waals surface area contributed by atoms with E-state index < -0.39 is 23.9 Å². The van der Waals surface area contributed by atoms with Crippen LogP contribution in [0.25, 0.3) is 0 Å². The average molecular weight is 319 g/mol. The molecule has 1 aromatic carbocycles. The predicted octanol–water partition coefficient (Wildman–Crippen LogP) is 2.15. The van der Waals surface area contributed by atoms with Crippen LogP contribution in [0.15, 0.2) is 18.2 Å². The molecule has 0 bridgehead atoms. The highest BCUT2D eigenvalue weighted by Gasteiger charge is 2.34. The number of carboxylic acid groups (broad SMARTS) is 1. The summed E-state index contributed by atoms with van der Waals surface area (Å²) >= 11 is 7.03. The Bertz CT molecular complexity index is 543. The Morgan fingerprint density at radius 2 is 2.30 bits per heavy atom. The Balaban J connectivity index is 1.94.